The Hall–Kier alpha value is -3.35. The maximum atomic E-state index is 12.9. The van der Waals surface area contributed by atoms with Crippen LogP contribution in [0.4, 0.5) is 4.79 Å². The molecule has 0 bridgehead atoms. The second kappa shape index (κ2) is 8.15. The minimum Gasteiger partial charge on any atom is -0.481 e. The third-order valence-electron chi connectivity index (χ3n) is 8.24. The fourth-order valence-electron chi connectivity index (χ4n) is 6.47. The van der Waals surface area contributed by atoms with Crippen LogP contribution in [0.3, 0.4) is 0 Å². The summed E-state index contributed by atoms with van der Waals surface area (Å²) < 4.78 is 5.65. The molecule has 7 heteroatoms. The first-order valence-electron chi connectivity index (χ1n) is 12.1. The number of benzene rings is 2. The number of ether oxygens (including phenoxy) is 1. The van der Waals surface area contributed by atoms with Crippen LogP contribution in [0, 0.1) is 23.7 Å². The zero-order valence-corrected chi connectivity index (χ0v) is 18.9. The van der Waals surface area contributed by atoms with Crippen LogP contribution in [-0.4, -0.2) is 53.7 Å². The van der Waals surface area contributed by atoms with E-state index in [-0.39, 0.29) is 48.1 Å². The number of carboxylic acids is 1. The van der Waals surface area contributed by atoms with Gasteiger partial charge in [0.2, 0.25) is 5.91 Å². The highest BCUT2D eigenvalue weighted by Gasteiger charge is 2.60. The quantitative estimate of drug-likeness (QED) is 0.712. The Balaban J connectivity index is 1.01. The largest absolute Gasteiger partial charge is 0.481 e. The summed E-state index contributed by atoms with van der Waals surface area (Å²) >= 11 is 0. The summed E-state index contributed by atoms with van der Waals surface area (Å²) in [5.41, 5.74) is 4.74. The molecule has 1 aliphatic heterocycles. The summed E-state index contributed by atoms with van der Waals surface area (Å²) in [5, 5.41) is 12.1. The molecule has 2 saturated carbocycles. The fourth-order valence-corrected chi connectivity index (χ4v) is 6.47. The van der Waals surface area contributed by atoms with Crippen molar-refractivity contribution in [1.29, 1.82) is 0 Å². The van der Waals surface area contributed by atoms with Crippen LogP contribution < -0.4 is 5.32 Å². The minimum atomic E-state index is -0.740. The van der Waals surface area contributed by atoms with Gasteiger partial charge in [0, 0.05) is 31.0 Å². The van der Waals surface area contributed by atoms with Crippen molar-refractivity contribution in [3.05, 3.63) is 59.7 Å². The highest BCUT2D eigenvalue weighted by atomic mass is 16.5. The maximum Gasteiger partial charge on any atom is 0.407 e. The molecule has 2 aromatic rings. The van der Waals surface area contributed by atoms with Gasteiger partial charge in [-0.05, 0) is 53.4 Å². The number of alkyl carbamates (subject to hydrolysis) is 1. The number of carbonyl (C=O) groups excluding carboxylic acids is 2. The van der Waals surface area contributed by atoms with Gasteiger partial charge in [0.25, 0.3) is 0 Å². The molecule has 7 nitrogen and oxygen atoms in total. The van der Waals surface area contributed by atoms with Crippen molar-refractivity contribution in [3.63, 3.8) is 0 Å². The van der Waals surface area contributed by atoms with Crippen molar-refractivity contribution in [2.24, 2.45) is 23.7 Å². The summed E-state index contributed by atoms with van der Waals surface area (Å²) in [6.07, 6.45) is 1.66. The van der Waals surface area contributed by atoms with Gasteiger partial charge >= 0.3 is 12.1 Å². The van der Waals surface area contributed by atoms with E-state index in [1.807, 2.05) is 29.2 Å². The Morgan fingerprint density at radius 1 is 0.941 bits per heavy atom. The van der Waals surface area contributed by atoms with Crippen LogP contribution in [0.1, 0.15) is 36.3 Å². The first-order chi connectivity index (χ1) is 16.5. The third-order valence-corrected chi connectivity index (χ3v) is 8.24. The molecule has 4 aliphatic rings. The highest BCUT2D eigenvalue weighted by molar-refractivity contribution is 5.82. The molecular formula is C27H28N2O5. The maximum absolute atomic E-state index is 12.9. The molecule has 2 N–H and O–H groups in total. The number of rotatable bonds is 5. The van der Waals surface area contributed by atoms with Gasteiger partial charge < -0.3 is 20.1 Å². The summed E-state index contributed by atoms with van der Waals surface area (Å²) in [6, 6.07) is 16.4. The van der Waals surface area contributed by atoms with E-state index in [2.05, 4.69) is 29.6 Å². The Kier molecular flexibility index (Phi) is 5.08. The number of hydrogen-bond acceptors (Lipinski definition) is 4. The number of aliphatic carboxylic acids is 1. The van der Waals surface area contributed by atoms with E-state index in [9.17, 15) is 14.4 Å². The Morgan fingerprint density at radius 3 is 2.18 bits per heavy atom. The van der Waals surface area contributed by atoms with Crippen molar-refractivity contribution >= 4 is 18.0 Å². The number of hydrogen-bond donors (Lipinski definition) is 2. The van der Waals surface area contributed by atoms with Crippen LogP contribution in [-0.2, 0) is 14.3 Å². The number of fused-ring (bicyclic) bond motifs is 4. The van der Waals surface area contributed by atoms with E-state index in [1.54, 1.807) is 0 Å². The van der Waals surface area contributed by atoms with Crippen LogP contribution in [0.5, 0.6) is 0 Å². The van der Waals surface area contributed by atoms with Gasteiger partial charge in [0.1, 0.15) is 6.61 Å². The molecule has 3 fully saturated rings. The fraction of sp³-hybridized carbons (Fsp3) is 0.444. The second-order valence-electron chi connectivity index (χ2n) is 10.1. The molecule has 1 saturated heterocycles. The summed E-state index contributed by atoms with van der Waals surface area (Å²) in [6.45, 7) is 1.39. The Morgan fingerprint density at radius 2 is 1.56 bits per heavy atom. The molecule has 6 rings (SSSR count). The molecule has 0 aromatic heterocycles. The molecule has 4 unspecified atom stereocenters. The average molecular weight is 461 g/mol. The van der Waals surface area contributed by atoms with Gasteiger partial charge in [0.15, 0.2) is 0 Å². The zero-order chi connectivity index (χ0) is 23.4. The summed E-state index contributed by atoms with van der Waals surface area (Å²) in [7, 11) is 0. The molecule has 4 atom stereocenters. The number of nitrogens with zero attached hydrogens (tertiary/aromatic N) is 1. The lowest BCUT2D eigenvalue weighted by Crippen LogP contribution is -2.38. The standard InChI is InChI=1S/C27H28N2O5/c30-25(29-12-21-22(13-29)24(21)26(31)32)15-9-10-16(11-15)28-27(33)34-14-23-19-7-3-1-5-17(19)18-6-2-4-8-20(18)23/h1-8,15-16,21-24H,9-14H2,(H,28,33)(H,31,32). The number of carboxylic acid groups (broad SMARTS) is 1. The lowest BCUT2D eigenvalue weighted by molar-refractivity contribution is -0.141. The lowest BCUT2D eigenvalue weighted by atomic mass is 9.98. The molecule has 0 spiro atoms. The van der Waals surface area contributed by atoms with Gasteiger partial charge in [-0.15, -0.1) is 0 Å². The topological polar surface area (TPSA) is 95.9 Å². The van der Waals surface area contributed by atoms with Crippen molar-refractivity contribution in [1.82, 2.24) is 10.2 Å². The number of likely N-dealkylation sites (tertiary alicyclic amines) is 1. The molecule has 176 valence electrons. The van der Waals surface area contributed by atoms with Crippen LogP contribution >= 0.6 is 0 Å². The van der Waals surface area contributed by atoms with Crippen LogP contribution in [0.2, 0.25) is 0 Å². The predicted molar refractivity (Wildman–Crippen MR) is 124 cm³/mol. The van der Waals surface area contributed by atoms with E-state index < -0.39 is 12.1 Å². The first kappa shape index (κ1) is 21.2. The zero-order valence-electron chi connectivity index (χ0n) is 18.9. The van der Waals surface area contributed by atoms with Crippen LogP contribution in [0.25, 0.3) is 11.1 Å². The van der Waals surface area contributed by atoms with E-state index in [4.69, 9.17) is 9.84 Å². The third kappa shape index (κ3) is 3.54. The molecule has 3 aliphatic carbocycles. The van der Waals surface area contributed by atoms with Gasteiger partial charge in [0.05, 0.1) is 5.92 Å². The van der Waals surface area contributed by atoms with Gasteiger partial charge in [-0.1, -0.05) is 48.5 Å². The number of carbonyl (C=O) groups is 3. The van der Waals surface area contributed by atoms with E-state index in [1.165, 1.54) is 22.3 Å². The molecule has 34 heavy (non-hydrogen) atoms. The summed E-state index contributed by atoms with van der Waals surface area (Å²) in [5.74, 6) is -0.749. The van der Waals surface area contributed by atoms with Crippen LogP contribution in [0.15, 0.2) is 48.5 Å². The SMILES string of the molecule is O=C(NC1CCC(C(=O)N2CC3C(C2)C3C(=O)O)C1)OCC1c2ccccc2-c2ccccc21. The van der Waals surface area contributed by atoms with E-state index in [0.29, 0.717) is 19.5 Å². The first-order valence-corrected chi connectivity index (χ1v) is 12.1. The van der Waals surface area contributed by atoms with E-state index >= 15 is 0 Å². The highest BCUT2D eigenvalue weighted by Crippen LogP contribution is 2.52. The normalized spacial score (nSPS) is 28.7. The molecule has 0 radical (unpaired) electrons. The lowest BCUT2D eigenvalue weighted by Gasteiger charge is -2.23. The van der Waals surface area contributed by atoms with Gasteiger partial charge in [-0.2, -0.15) is 0 Å². The van der Waals surface area contributed by atoms with Crippen molar-refractivity contribution in [2.75, 3.05) is 19.7 Å². The summed E-state index contributed by atoms with van der Waals surface area (Å²) in [4.78, 5) is 38.5. The van der Waals surface area contributed by atoms with Gasteiger partial charge in [-0.3, -0.25) is 9.59 Å². The molecule has 2 amide bonds. The molecule has 2 aromatic carbocycles. The monoisotopic (exact) mass is 460 g/mol. The van der Waals surface area contributed by atoms with Crippen molar-refractivity contribution in [2.45, 2.75) is 31.2 Å². The Bertz CT molecular complexity index is 1110. The number of nitrogens with one attached hydrogen (secondary N) is 1. The van der Waals surface area contributed by atoms with Crippen molar-refractivity contribution < 1.29 is 24.2 Å². The minimum absolute atomic E-state index is 0.0206. The number of amides is 2. The van der Waals surface area contributed by atoms with Crippen molar-refractivity contribution in [3.8, 4) is 11.1 Å². The number of piperidine rings is 1. The average Bonchev–Trinajstić information content (AvgIpc) is 3.20. The Labute approximate surface area is 198 Å². The predicted octanol–water partition coefficient (Wildman–Crippen LogP) is 3.48. The van der Waals surface area contributed by atoms with Gasteiger partial charge in [-0.25, -0.2) is 4.79 Å². The molecular weight excluding hydrogens is 432 g/mol. The molecule has 1 heterocycles. The smallest absolute Gasteiger partial charge is 0.407 e. The van der Waals surface area contributed by atoms with E-state index in [0.717, 1.165) is 12.8 Å². The second-order valence-corrected chi connectivity index (χ2v) is 10.1.